The van der Waals surface area contributed by atoms with Crippen LogP contribution in [0.2, 0.25) is 0 Å². The lowest BCUT2D eigenvalue weighted by Crippen LogP contribution is -2.56. The van der Waals surface area contributed by atoms with Crippen LogP contribution in [-0.4, -0.2) is 68.1 Å². The van der Waals surface area contributed by atoms with Crippen molar-refractivity contribution in [3.8, 4) is 0 Å². The lowest BCUT2D eigenvalue weighted by molar-refractivity contribution is -0.123. The normalized spacial score (nSPS) is 24.1. The summed E-state index contributed by atoms with van der Waals surface area (Å²) in [6.07, 6.45) is 0. The van der Waals surface area contributed by atoms with E-state index in [0.29, 0.717) is 25.7 Å². The van der Waals surface area contributed by atoms with Crippen molar-refractivity contribution in [2.75, 3.05) is 46.3 Å². The van der Waals surface area contributed by atoms with E-state index < -0.39 is 0 Å². The molecule has 15 heavy (non-hydrogen) atoms. The molecule has 0 aliphatic carbocycles. The molecule has 5 nitrogen and oxygen atoms in total. The lowest BCUT2D eigenvalue weighted by Gasteiger charge is -2.38. The first-order chi connectivity index (χ1) is 7.17. The molecule has 88 valence electrons. The summed E-state index contributed by atoms with van der Waals surface area (Å²) < 4.78 is 0. The second kappa shape index (κ2) is 6.05. The van der Waals surface area contributed by atoms with Gasteiger partial charge in [0.05, 0.1) is 6.54 Å². The smallest absolute Gasteiger partial charge is 0.234 e. The Morgan fingerprint density at radius 3 is 2.87 bits per heavy atom. The summed E-state index contributed by atoms with van der Waals surface area (Å²) in [6, 6.07) is 0.311. The number of likely N-dealkylation sites (N-methyl/N-ethyl adjacent to an activating group) is 2. The molecule has 5 heteroatoms. The first-order valence-electron chi connectivity index (χ1n) is 5.56. The summed E-state index contributed by atoms with van der Waals surface area (Å²) in [5, 5.41) is 2.81. The van der Waals surface area contributed by atoms with Gasteiger partial charge in [-0.2, -0.15) is 0 Å². The molecule has 0 radical (unpaired) electrons. The second-order valence-corrected chi connectivity index (χ2v) is 4.08. The largest absolute Gasteiger partial charge is 0.355 e. The van der Waals surface area contributed by atoms with Crippen molar-refractivity contribution in [2.24, 2.45) is 5.73 Å². The van der Waals surface area contributed by atoms with Crippen molar-refractivity contribution < 1.29 is 4.79 Å². The van der Waals surface area contributed by atoms with E-state index in [0.717, 1.165) is 19.6 Å². The van der Waals surface area contributed by atoms with Crippen LogP contribution in [0.1, 0.15) is 6.92 Å². The van der Waals surface area contributed by atoms with Gasteiger partial charge in [-0.1, -0.05) is 0 Å². The number of piperazine rings is 1. The molecule has 0 aromatic heterocycles. The topological polar surface area (TPSA) is 61.6 Å². The van der Waals surface area contributed by atoms with E-state index in [1.807, 2.05) is 6.92 Å². The summed E-state index contributed by atoms with van der Waals surface area (Å²) in [7, 11) is 2.09. The molecule has 0 saturated carbocycles. The Hall–Kier alpha value is -0.650. The predicted molar refractivity (Wildman–Crippen MR) is 60.6 cm³/mol. The van der Waals surface area contributed by atoms with E-state index >= 15 is 0 Å². The molecule has 0 aromatic rings. The zero-order valence-corrected chi connectivity index (χ0v) is 9.70. The minimum absolute atomic E-state index is 0.0977. The van der Waals surface area contributed by atoms with E-state index in [2.05, 4.69) is 22.2 Å². The Kier molecular flexibility index (Phi) is 5.01. The van der Waals surface area contributed by atoms with Crippen LogP contribution in [0.3, 0.4) is 0 Å². The van der Waals surface area contributed by atoms with Gasteiger partial charge in [0.1, 0.15) is 0 Å². The number of amides is 1. The van der Waals surface area contributed by atoms with Gasteiger partial charge < -0.3 is 16.0 Å². The highest BCUT2D eigenvalue weighted by Crippen LogP contribution is 2.06. The van der Waals surface area contributed by atoms with Gasteiger partial charge in [-0.25, -0.2) is 0 Å². The third-order valence-corrected chi connectivity index (χ3v) is 2.80. The van der Waals surface area contributed by atoms with Gasteiger partial charge in [0.2, 0.25) is 5.91 Å². The van der Waals surface area contributed by atoms with Gasteiger partial charge in [-0.05, 0) is 14.0 Å². The minimum Gasteiger partial charge on any atom is -0.355 e. The van der Waals surface area contributed by atoms with Crippen LogP contribution < -0.4 is 11.1 Å². The Morgan fingerprint density at radius 2 is 2.27 bits per heavy atom. The minimum atomic E-state index is 0.0977. The molecule has 0 bridgehead atoms. The van der Waals surface area contributed by atoms with Gasteiger partial charge in [0.25, 0.3) is 0 Å². The Balaban J connectivity index is 2.42. The average Bonchev–Trinajstić information content (AvgIpc) is 2.21. The number of hydrogen-bond donors (Lipinski definition) is 2. The molecule has 1 saturated heterocycles. The molecule has 3 N–H and O–H groups in total. The maximum atomic E-state index is 11.4. The van der Waals surface area contributed by atoms with Crippen LogP contribution in [0.15, 0.2) is 0 Å². The standard InChI is InChI=1S/C10H22N4O/c1-3-12-10(15)8-14-5-4-13(2)7-9(14)6-11/h9H,3-8,11H2,1-2H3,(H,12,15). The molecule has 1 aliphatic rings. The molecule has 1 amide bonds. The number of carbonyl (C=O) groups excluding carboxylic acids is 1. The zero-order valence-electron chi connectivity index (χ0n) is 9.70. The van der Waals surface area contributed by atoms with Crippen molar-refractivity contribution in [2.45, 2.75) is 13.0 Å². The molecule has 0 aromatic carbocycles. The monoisotopic (exact) mass is 214 g/mol. The number of nitrogens with zero attached hydrogens (tertiary/aromatic N) is 2. The lowest BCUT2D eigenvalue weighted by atomic mass is 10.1. The van der Waals surface area contributed by atoms with E-state index in [1.165, 1.54) is 0 Å². The number of rotatable bonds is 4. The quantitative estimate of drug-likeness (QED) is 0.610. The van der Waals surface area contributed by atoms with Gasteiger partial charge in [0.15, 0.2) is 0 Å². The molecular formula is C10H22N4O. The van der Waals surface area contributed by atoms with Gasteiger partial charge in [0, 0.05) is 38.8 Å². The third kappa shape index (κ3) is 3.77. The molecule has 1 heterocycles. The molecule has 1 fully saturated rings. The van der Waals surface area contributed by atoms with Crippen molar-refractivity contribution in [3.63, 3.8) is 0 Å². The van der Waals surface area contributed by atoms with Gasteiger partial charge in [-0.15, -0.1) is 0 Å². The van der Waals surface area contributed by atoms with Crippen LogP contribution in [0.4, 0.5) is 0 Å². The molecular weight excluding hydrogens is 192 g/mol. The van der Waals surface area contributed by atoms with Crippen LogP contribution in [0.25, 0.3) is 0 Å². The summed E-state index contributed by atoms with van der Waals surface area (Å²) in [6.45, 7) is 6.61. The molecule has 0 spiro atoms. The molecule has 1 aliphatic heterocycles. The van der Waals surface area contributed by atoms with Crippen molar-refractivity contribution >= 4 is 5.91 Å². The number of hydrogen-bond acceptors (Lipinski definition) is 4. The predicted octanol–water partition coefficient (Wildman–Crippen LogP) is -1.30. The maximum Gasteiger partial charge on any atom is 0.234 e. The number of nitrogens with two attached hydrogens (primary N) is 1. The van der Waals surface area contributed by atoms with E-state index in [9.17, 15) is 4.79 Å². The van der Waals surface area contributed by atoms with E-state index in [-0.39, 0.29) is 5.91 Å². The highest BCUT2D eigenvalue weighted by molar-refractivity contribution is 5.78. The Morgan fingerprint density at radius 1 is 1.53 bits per heavy atom. The van der Waals surface area contributed by atoms with Crippen LogP contribution in [0, 0.1) is 0 Å². The molecule has 1 atom stereocenters. The van der Waals surface area contributed by atoms with Gasteiger partial charge in [-0.3, -0.25) is 9.69 Å². The van der Waals surface area contributed by atoms with Crippen LogP contribution >= 0.6 is 0 Å². The fourth-order valence-corrected chi connectivity index (χ4v) is 1.92. The molecule has 1 rings (SSSR count). The maximum absolute atomic E-state index is 11.4. The molecule has 1 unspecified atom stereocenters. The fraction of sp³-hybridized carbons (Fsp3) is 0.900. The van der Waals surface area contributed by atoms with E-state index in [1.54, 1.807) is 0 Å². The van der Waals surface area contributed by atoms with Crippen molar-refractivity contribution in [3.05, 3.63) is 0 Å². The van der Waals surface area contributed by atoms with E-state index in [4.69, 9.17) is 5.73 Å². The summed E-state index contributed by atoms with van der Waals surface area (Å²) in [5.74, 6) is 0.0977. The Labute approximate surface area is 91.6 Å². The van der Waals surface area contributed by atoms with Crippen molar-refractivity contribution in [1.82, 2.24) is 15.1 Å². The first kappa shape index (κ1) is 12.4. The second-order valence-electron chi connectivity index (χ2n) is 4.08. The zero-order chi connectivity index (χ0) is 11.3. The summed E-state index contributed by atoms with van der Waals surface area (Å²) in [5.41, 5.74) is 5.71. The SMILES string of the molecule is CCNC(=O)CN1CCN(C)CC1CN. The summed E-state index contributed by atoms with van der Waals surface area (Å²) in [4.78, 5) is 15.9. The number of nitrogens with one attached hydrogen (secondary N) is 1. The average molecular weight is 214 g/mol. The van der Waals surface area contributed by atoms with Crippen molar-refractivity contribution in [1.29, 1.82) is 0 Å². The highest BCUT2D eigenvalue weighted by atomic mass is 16.2. The fourth-order valence-electron chi connectivity index (χ4n) is 1.92. The van der Waals surface area contributed by atoms with Gasteiger partial charge >= 0.3 is 0 Å². The number of carbonyl (C=O) groups is 1. The van der Waals surface area contributed by atoms with Crippen LogP contribution in [0.5, 0.6) is 0 Å². The Bertz CT molecular complexity index is 210. The van der Waals surface area contributed by atoms with Crippen LogP contribution in [-0.2, 0) is 4.79 Å². The first-order valence-corrected chi connectivity index (χ1v) is 5.56. The summed E-state index contributed by atoms with van der Waals surface area (Å²) >= 11 is 0. The third-order valence-electron chi connectivity index (χ3n) is 2.80. The highest BCUT2D eigenvalue weighted by Gasteiger charge is 2.25.